The van der Waals surface area contributed by atoms with Gasteiger partial charge in [0, 0.05) is 15.7 Å². The zero-order valence-corrected chi connectivity index (χ0v) is 10.8. The van der Waals surface area contributed by atoms with Gasteiger partial charge in [0.25, 0.3) is 0 Å². The summed E-state index contributed by atoms with van der Waals surface area (Å²) in [5, 5.41) is 0.730. The van der Waals surface area contributed by atoms with Crippen LogP contribution in [0.2, 0.25) is 0 Å². The lowest BCUT2D eigenvalue weighted by Crippen LogP contribution is -1.82. The van der Waals surface area contributed by atoms with Crippen LogP contribution in [0.5, 0.6) is 0 Å². The molecule has 0 aliphatic heterocycles. The SMILES string of the molecule is C=C(Cl)CCc1ccccc1.O=S(=O)(O)Cl. The number of allylic oxidation sites excluding steroid dienone is 1. The lowest BCUT2D eigenvalue weighted by molar-refractivity contribution is 0.501. The average molecular weight is 283 g/mol. The van der Waals surface area contributed by atoms with E-state index in [9.17, 15) is 0 Å². The lowest BCUT2D eigenvalue weighted by atomic mass is 10.1. The van der Waals surface area contributed by atoms with Gasteiger partial charge in [0.2, 0.25) is 0 Å². The highest BCUT2D eigenvalue weighted by Gasteiger charge is 1.91. The Kier molecular flexibility index (Phi) is 7.42. The molecule has 0 aliphatic rings. The van der Waals surface area contributed by atoms with Crippen LogP contribution in [-0.2, 0) is 15.8 Å². The maximum absolute atomic E-state index is 8.95. The largest absolute Gasteiger partial charge is 0.353 e. The normalized spacial score (nSPS) is 10.2. The zero-order chi connectivity index (χ0) is 12.6. The molecule has 3 nitrogen and oxygen atoms in total. The van der Waals surface area contributed by atoms with Crippen LogP contribution in [0.4, 0.5) is 0 Å². The van der Waals surface area contributed by atoms with Crippen molar-refractivity contribution in [2.75, 3.05) is 0 Å². The smallest absolute Gasteiger partial charge is 0.273 e. The highest BCUT2D eigenvalue weighted by molar-refractivity contribution is 8.09. The van der Waals surface area contributed by atoms with E-state index in [0.717, 1.165) is 17.9 Å². The molecule has 0 unspecified atom stereocenters. The van der Waals surface area contributed by atoms with Crippen molar-refractivity contribution in [3.8, 4) is 0 Å². The molecule has 1 N–H and O–H groups in total. The van der Waals surface area contributed by atoms with Gasteiger partial charge in [-0.15, -0.1) is 0 Å². The fourth-order valence-electron chi connectivity index (χ4n) is 0.925. The second-order valence-corrected chi connectivity index (χ2v) is 5.44. The number of rotatable bonds is 3. The minimum atomic E-state index is -4.19. The van der Waals surface area contributed by atoms with Crippen LogP contribution < -0.4 is 0 Å². The Morgan fingerprint density at radius 1 is 1.31 bits per heavy atom. The van der Waals surface area contributed by atoms with E-state index in [4.69, 9.17) is 24.6 Å². The first-order chi connectivity index (χ1) is 7.29. The summed E-state index contributed by atoms with van der Waals surface area (Å²) in [5.41, 5.74) is 1.31. The second kappa shape index (κ2) is 7.68. The first-order valence-corrected chi connectivity index (χ1v) is 6.97. The third-order valence-corrected chi connectivity index (χ3v) is 1.72. The van der Waals surface area contributed by atoms with Crippen molar-refractivity contribution in [2.45, 2.75) is 12.8 Å². The van der Waals surface area contributed by atoms with E-state index >= 15 is 0 Å². The summed E-state index contributed by atoms with van der Waals surface area (Å²) < 4.78 is 25.2. The summed E-state index contributed by atoms with van der Waals surface area (Å²) in [6, 6.07) is 10.3. The molecule has 0 aliphatic carbocycles. The summed E-state index contributed by atoms with van der Waals surface area (Å²) in [5.74, 6) is 0. The molecule has 1 aromatic rings. The molecule has 0 fully saturated rings. The van der Waals surface area contributed by atoms with E-state index in [1.54, 1.807) is 0 Å². The fourth-order valence-corrected chi connectivity index (χ4v) is 1.02. The van der Waals surface area contributed by atoms with E-state index in [1.165, 1.54) is 5.56 Å². The van der Waals surface area contributed by atoms with Gasteiger partial charge in [0.15, 0.2) is 0 Å². The van der Waals surface area contributed by atoms with Gasteiger partial charge in [-0.05, 0) is 18.4 Å². The first-order valence-electron chi connectivity index (χ1n) is 4.33. The van der Waals surface area contributed by atoms with E-state index in [0.29, 0.717) is 0 Å². The lowest BCUT2D eigenvalue weighted by Gasteiger charge is -1.97. The van der Waals surface area contributed by atoms with Gasteiger partial charge >= 0.3 is 9.33 Å². The van der Waals surface area contributed by atoms with Crippen molar-refractivity contribution in [1.29, 1.82) is 0 Å². The molecule has 16 heavy (non-hydrogen) atoms. The van der Waals surface area contributed by atoms with E-state index in [1.807, 2.05) is 18.2 Å². The van der Waals surface area contributed by atoms with Crippen molar-refractivity contribution < 1.29 is 13.0 Å². The highest BCUT2D eigenvalue weighted by atomic mass is 35.7. The monoisotopic (exact) mass is 282 g/mol. The summed E-state index contributed by atoms with van der Waals surface area (Å²) in [6.07, 6.45) is 1.86. The summed E-state index contributed by atoms with van der Waals surface area (Å²) in [7, 11) is -0.137. The van der Waals surface area contributed by atoms with Gasteiger partial charge in [-0.3, -0.25) is 4.55 Å². The molecule has 6 heteroatoms. The van der Waals surface area contributed by atoms with Gasteiger partial charge in [0.1, 0.15) is 0 Å². The molecule has 0 amide bonds. The topological polar surface area (TPSA) is 54.4 Å². The molecular weight excluding hydrogens is 271 g/mol. The van der Waals surface area contributed by atoms with Gasteiger partial charge in [0.05, 0.1) is 0 Å². The molecule has 1 aromatic carbocycles. The van der Waals surface area contributed by atoms with Crippen LogP contribution in [0, 0.1) is 0 Å². The number of aryl methyl sites for hydroxylation is 1. The second-order valence-electron chi connectivity index (χ2n) is 2.91. The Morgan fingerprint density at radius 3 is 2.12 bits per heavy atom. The summed E-state index contributed by atoms with van der Waals surface area (Å²) >= 11 is 5.63. The minimum absolute atomic E-state index is 0.730. The summed E-state index contributed by atoms with van der Waals surface area (Å²) in [4.78, 5) is 0. The summed E-state index contributed by atoms with van der Waals surface area (Å²) in [6.45, 7) is 3.64. The number of halogens is 2. The molecule has 0 bridgehead atoms. The van der Waals surface area contributed by atoms with E-state index in [2.05, 4.69) is 29.4 Å². The van der Waals surface area contributed by atoms with Crippen molar-refractivity contribution in [2.24, 2.45) is 0 Å². The van der Waals surface area contributed by atoms with Crippen LogP contribution in [0.3, 0.4) is 0 Å². The quantitative estimate of drug-likeness (QED) is 0.683. The molecule has 0 saturated carbocycles. The number of hydrogen-bond donors (Lipinski definition) is 1. The molecule has 0 heterocycles. The molecular formula is C10H12Cl2O3S. The Labute approximate surface area is 105 Å². The molecule has 0 spiro atoms. The van der Waals surface area contributed by atoms with Gasteiger partial charge in [-0.1, -0.05) is 48.5 Å². The van der Waals surface area contributed by atoms with E-state index < -0.39 is 9.33 Å². The predicted molar refractivity (Wildman–Crippen MR) is 67.2 cm³/mol. The van der Waals surface area contributed by atoms with Crippen molar-refractivity contribution >= 4 is 31.6 Å². The fraction of sp³-hybridized carbons (Fsp3) is 0.200. The zero-order valence-electron chi connectivity index (χ0n) is 8.44. The third kappa shape index (κ3) is 13.4. The maximum atomic E-state index is 8.95. The minimum Gasteiger partial charge on any atom is -0.273 e. The Balaban J connectivity index is 0.000000385. The van der Waals surface area contributed by atoms with Gasteiger partial charge in [-0.2, -0.15) is 8.42 Å². The van der Waals surface area contributed by atoms with Crippen LogP contribution in [0.25, 0.3) is 0 Å². The van der Waals surface area contributed by atoms with Gasteiger partial charge in [-0.25, -0.2) is 0 Å². The Bertz CT molecular complexity index is 407. The molecule has 0 saturated heterocycles. The molecule has 1 rings (SSSR count). The third-order valence-electron chi connectivity index (χ3n) is 1.53. The highest BCUT2D eigenvalue weighted by Crippen LogP contribution is 2.09. The maximum Gasteiger partial charge on any atom is 0.353 e. The van der Waals surface area contributed by atoms with Crippen LogP contribution in [-0.4, -0.2) is 13.0 Å². The van der Waals surface area contributed by atoms with Crippen LogP contribution >= 0.6 is 22.3 Å². The molecule has 90 valence electrons. The Morgan fingerprint density at radius 2 is 1.75 bits per heavy atom. The average Bonchev–Trinajstić information content (AvgIpc) is 2.14. The first kappa shape index (κ1) is 15.4. The molecule has 0 aromatic heterocycles. The Hall–Kier alpha value is -0.550. The molecule has 0 radical (unpaired) electrons. The van der Waals surface area contributed by atoms with Gasteiger partial charge < -0.3 is 0 Å². The standard InChI is InChI=1S/C10H11Cl.ClHO3S/c1-9(11)7-8-10-5-3-2-4-6-10;1-5(2,3)4/h2-6H,1,7-8H2;(H,2,3,4). The van der Waals surface area contributed by atoms with Crippen molar-refractivity contribution in [3.63, 3.8) is 0 Å². The van der Waals surface area contributed by atoms with Crippen LogP contribution in [0.15, 0.2) is 41.9 Å². The molecule has 0 atom stereocenters. The number of hydrogen-bond acceptors (Lipinski definition) is 2. The van der Waals surface area contributed by atoms with Crippen LogP contribution in [0.1, 0.15) is 12.0 Å². The number of benzene rings is 1. The predicted octanol–water partition coefficient (Wildman–Crippen LogP) is 3.40. The van der Waals surface area contributed by atoms with Crippen molar-refractivity contribution in [3.05, 3.63) is 47.5 Å². The van der Waals surface area contributed by atoms with Crippen molar-refractivity contribution in [1.82, 2.24) is 0 Å². The van der Waals surface area contributed by atoms with E-state index in [-0.39, 0.29) is 0 Å².